The largest absolute Gasteiger partial charge is 0.451 e. The molecule has 0 saturated heterocycles. The number of rotatable bonds is 1. The van der Waals surface area contributed by atoms with Crippen LogP contribution in [0.1, 0.15) is 11.4 Å². The molecule has 0 bridgehead atoms. The standard InChI is InChI=1S/C10H6F4IN3/c1-4-2-6(11)5(3-7(4)15)8-16-9(18-17-8)10(12,13)14/h2-3H,1H3,(H,16,17,18). The molecule has 18 heavy (non-hydrogen) atoms. The average Bonchev–Trinajstić information content (AvgIpc) is 2.72. The number of aromatic nitrogens is 3. The number of aryl methyl sites for hydroxylation is 1. The van der Waals surface area contributed by atoms with Crippen molar-refractivity contribution in [2.75, 3.05) is 0 Å². The fraction of sp³-hybridized carbons (Fsp3) is 0.200. The van der Waals surface area contributed by atoms with Crippen LogP contribution in [0.25, 0.3) is 11.4 Å². The van der Waals surface area contributed by atoms with E-state index < -0.39 is 17.8 Å². The van der Waals surface area contributed by atoms with Crippen molar-refractivity contribution in [3.05, 3.63) is 32.9 Å². The molecule has 3 nitrogen and oxygen atoms in total. The third-order valence-electron chi connectivity index (χ3n) is 2.24. The second kappa shape index (κ2) is 4.48. The Labute approximate surface area is 113 Å². The van der Waals surface area contributed by atoms with Gasteiger partial charge in [0.25, 0.3) is 0 Å². The highest BCUT2D eigenvalue weighted by Crippen LogP contribution is 2.29. The molecular weight excluding hydrogens is 365 g/mol. The minimum atomic E-state index is -4.63. The molecule has 0 saturated carbocycles. The quantitative estimate of drug-likeness (QED) is 0.616. The molecule has 1 N–H and O–H groups in total. The molecule has 0 aliphatic heterocycles. The second-order valence-electron chi connectivity index (χ2n) is 3.59. The number of hydrogen-bond acceptors (Lipinski definition) is 2. The summed E-state index contributed by atoms with van der Waals surface area (Å²) < 4.78 is 51.4. The maximum Gasteiger partial charge on any atom is 0.451 e. The molecule has 0 amide bonds. The van der Waals surface area contributed by atoms with E-state index in [1.165, 1.54) is 12.1 Å². The number of alkyl halides is 3. The summed E-state index contributed by atoms with van der Waals surface area (Å²) in [7, 11) is 0. The van der Waals surface area contributed by atoms with Crippen molar-refractivity contribution in [2.24, 2.45) is 0 Å². The van der Waals surface area contributed by atoms with E-state index in [-0.39, 0.29) is 11.4 Å². The van der Waals surface area contributed by atoms with E-state index in [0.717, 1.165) is 3.57 Å². The van der Waals surface area contributed by atoms with Gasteiger partial charge in [-0.05, 0) is 47.2 Å². The summed E-state index contributed by atoms with van der Waals surface area (Å²) in [5.41, 5.74) is 0.639. The summed E-state index contributed by atoms with van der Waals surface area (Å²) in [6.45, 7) is 1.70. The predicted molar refractivity (Wildman–Crippen MR) is 64.2 cm³/mol. The first kappa shape index (κ1) is 13.2. The van der Waals surface area contributed by atoms with Gasteiger partial charge in [0.1, 0.15) is 5.82 Å². The Bertz CT molecular complexity index is 591. The van der Waals surface area contributed by atoms with E-state index in [2.05, 4.69) is 10.1 Å². The van der Waals surface area contributed by atoms with E-state index in [9.17, 15) is 17.6 Å². The lowest BCUT2D eigenvalue weighted by Crippen LogP contribution is -2.07. The number of H-pyrrole nitrogens is 1. The molecule has 0 radical (unpaired) electrons. The highest BCUT2D eigenvalue weighted by molar-refractivity contribution is 14.1. The number of nitrogens with zero attached hydrogens (tertiary/aromatic N) is 2. The van der Waals surface area contributed by atoms with Gasteiger partial charge in [0.05, 0.1) is 5.56 Å². The van der Waals surface area contributed by atoms with Gasteiger partial charge in [0, 0.05) is 3.57 Å². The van der Waals surface area contributed by atoms with E-state index >= 15 is 0 Å². The van der Waals surface area contributed by atoms with Crippen molar-refractivity contribution < 1.29 is 17.6 Å². The summed E-state index contributed by atoms with van der Waals surface area (Å²) in [4.78, 5) is 3.25. The molecule has 8 heteroatoms. The van der Waals surface area contributed by atoms with Crippen LogP contribution in [0.3, 0.4) is 0 Å². The molecule has 96 valence electrons. The Morgan fingerprint density at radius 3 is 2.50 bits per heavy atom. The normalized spacial score (nSPS) is 11.9. The van der Waals surface area contributed by atoms with Crippen LogP contribution >= 0.6 is 22.6 Å². The Balaban J connectivity index is 2.50. The van der Waals surface area contributed by atoms with Crippen LogP contribution in [-0.2, 0) is 6.18 Å². The molecular formula is C10H6F4IN3. The van der Waals surface area contributed by atoms with E-state index in [1.807, 2.05) is 22.6 Å². The lowest BCUT2D eigenvalue weighted by molar-refractivity contribution is -0.144. The molecule has 0 aliphatic rings. The molecule has 0 unspecified atom stereocenters. The number of halogens is 5. The van der Waals surface area contributed by atoms with E-state index in [0.29, 0.717) is 5.56 Å². The first-order chi connectivity index (χ1) is 8.29. The fourth-order valence-corrected chi connectivity index (χ4v) is 1.79. The van der Waals surface area contributed by atoms with Gasteiger partial charge in [0.2, 0.25) is 5.82 Å². The van der Waals surface area contributed by atoms with Gasteiger partial charge in [-0.25, -0.2) is 9.37 Å². The number of benzene rings is 1. The molecule has 1 aromatic heterocycles. The first-order valence-corrected chi connectivity index (χ1v) is 5.82. The Morgan fingerprint density at radius 2 is 1.94 bits per heavy atom. The molecule has 2 rings (SSSR count). The van der Waals surface area contributed by atoms with Crippen molar-refractivity contribution in [1.82, 2.24) is 15.2 Å². The highest BCUT2D eigenvalue weighted by atomic mass is 127. The third kappa shape index (κ3) is 2.47. The predicted octanol–water partition coefficient (Wildman–Crippen LogP) is 3.54. The number of nitrogens with one attached hydrogen (secondary N) is 1. The molecule has 0 fully saturated rings. The summed E-state index contributed by atoms with van der Waals surface area (Å²) in [5, 5.41) is 5.14. The lowest BCUT2D eigenvalue weighted by Gasteiger charge is -2.03. The molecule has 0 atom stereocenters. The van der Waals surface area contributed by atoms with Gasteiger partial charge >= 0.3 is 6.18 Å². The zero-order valence-electron chi connectivity index (χ0n) is 8.94. The van der Waals surface area contributed by atoms with E-state index in [1.54, 1.807) is 12.0 Å². The SMILES string of the molecule is Cc1cc(F)c(-c2n[nH]c(C(F)(F)F)n2)cc1I. The van der Waals surface area contributed by atoms with Crippen LogP contribution in [0, 0.1) is 16.3 Å². The minimum absolute atomic E-state index is 0.0586. The van der Waals surface area contributed by atoms with Crippen LogP contribution in [0.15, 0.2) is 12.1 Å². The molecule has 2 aromatic rings. The molecule has 0 spiro atoms. The second-order valence-corrected chi connectivity index (χ2v) is 4.75. The van der Waals surface area contributed by atoms with Crippen molar-refractivity contribution in [1.29, 1.82) is 0 Å². The third-order valence-corrected chi connectivity index (χ3v) is 3.41. The maximum atomic E-state index is 13.6. The Kier molecular flexibility index (Phi) is 3.30. The van der Waals surface area contributed by atoms with Gasteiger partial charge in [-0.15, -0.1) is 0 Å². The smallest absolute Gasteiger partial charge is 0.255 e. The van der Waals surface area contributed by atoms with Gasteiger partial charge in [-0.1, -0.05) is 0 Å². The fourth-order valence-electron chi connectivity index (χ4n) is 1.33. The minimum Gasteiger partial charge on any atom is -0.255 e. The van der Waals surface area contributed by atoms with Crippen LogP contribution in [0.4, 0.5) is 17.6 Å². The highest BCUT2D eigenvalue weighted by Gasteiger charge is 2.35. The van der Waals surface area contributed by atoms with Crippen LogP contribution < -0.4 is 0 Å². The lowest BCUT2D eigenvalue weighted by atomic mass is 10.1. The molecule has 1 heterocycles. The van der Waals surface area contributed by atoms with Crippen molar-refractivity contribution >= 4 is 22.6 Å². The van der Waals surface area contributed by atoms with Crippen LogP contribution in [0.5, 0.6) is 0 Å². The van der Waals surface area contributed by atoms with Crippen molar-refractivity contribution in [2.45, 2.75) is 13.1 Å². The summed E-state index contributed by atoms with van der Waals surface area (Å²) in [5.74, 6) is -2.20. The van der Waals surface area contributed by atoms with Crippen LogP contribution in [-0.4, -0.2) is 15.2 Å². The van der Waals surface area contributed by atoms with Crippen LogP contribution in [0.2, 0.25) is 0 Å². The zero-order chi connectivity index (χ0) is 13.5. The van der Waals surface area contributed by atoms with Gasteiger partial charge < -0.3 is 0 Å². The summed E-state index contributed by atoms with van der Waals surface area (Å²) >= 11 is 1.96. The Hall–Kier alpha value is -1.19. The zero-order valence-corrected chi connectivity index (χ0v) is 11.1. The summed E-state index contributed by atoms with van der Waals surface area (Å²) in [6, 6.07) is 2.65. The number of hydrogen-bond donors (Lipinski definition) is 1. The maximum absolute atomic E-state index is 13.6. The van der Waals surface area contributed by atoms with Gasteiger partial charge in [-0.2, -0.15) is 18.3 Å². The first-order valence-electron chi connectivity index (χ1n) is 4.74. The number of aromatic amines is 1. The average molecular weight is 371 g/mol. The van der Waals surface area contributed by atoms with Crippen molar-refractivity contribution in [3.63, 3.8) is 0 Å². The molecule has 1 aromatic carbocycles. The van der Waals surface area contributed by atoms with Crippen molar-refractivity contribution in [3.8, 4) is 11.4 Å². The van der Waals surface area contributed by atoms with Gasteiger partial charge in [0.15, 0.2) is 5.82 Å². The monoisotopic (exact) mass is 371 g/mol. The summed E-state index contributed by atoms with van der Waals surface area (Å²) in [6.07, 6.45) is -4.63. The van der Waals surface area contributed by atoms with Gasteiger partial charge in [-0.3, -0.25) is 5.10 Å². The molecule has 0 aliphatic carbocycles. The topological polar surface area (TPSA) is 41.6 Å². The Morgan fingerprint density at radius 1 is 1.28 bits per heavy atom. The van der Waals surface area contributed by atoms with E-state index in [4.69, 9.17) is 0 Å².